The Morgan fingerprint density at radius 3 is 2.75 bits per heavy atom. The number of aryl methyl sites for hydroxylation is 1. The van der Waals surface area contributed by atoms with Crippen molar-refractivity contribution in [1.82, 2.24) is 20.1 Å². The van der Waals surface area contributed by atoms with Gasteiger partial charge in [0, 0.05) is 35.2 Å². The van der Waals surface area contributed by atoms with Gasteiger partial charge in [-0.2, -0.15) is 18.3 Å². The molecule has 9 heteroatoms. The molecule has 1 fully saturated rings. The van der Waals surface area contributed by atoms with Crippen LogP contribution in [0.2, 0.25) is 0 Å². The number of aromatic amines is 2. The molecule has 2 aliphatic rings. The number of aromatic nitrogens is 3. The summed E-state index contributed by atoms with van der Waals surface area (Å²) < 4.78 is 52.9. The molecule has 1 amide bonds. The highest BCUT2D eigenvalue weighted by atomic mass is 19.4. The van der Waals surface area contributed by atoms with E-state index in [4.69, 9.17) is 0 Å². The van der Waals surface area contributed by atoms with Crippen molar-refractivity contribution in [2.45, 2.75) is 44.4 Å². The van der Waals surface area contributed by atoms with E-state index >= 15 is 0 Å². The van der Waals surface area contributed by atoms with E-state index < -0.39 is 17.8 Å². The maximum atomic E-state index is 14.4. The van der Waals surface area contributed by atoms with Crippen molar-refractivity contribution in [2.24, 2.45) is 0 Å². The van der Waals surface area contributed by atoms with Gasteiger partial charge in [0.05, 0.1) is 11.6 Å². The van der Waals surface area contributed by atoms with Crippen molar-refractivity contribution < 1.29 is 22.4 Å². The number of carbonyl (C=O) groups is 1. The van der Waals surface area contributed by atoms with Gasteiger partial charge in [-0.05, 0) is 37.5 Å². The number of carbonyl (C=O) groups excluding carboxylic acids is 1. The lowest BCUT2D eigenvalue weighted by molar-refractivity contribution is -0.141. The van der Waals surface area contributed by atoms with Crippen LogP contribution in [0.1, 0.15) is 51.9 Å². The van der Waals surface area contributed by atoms with Crippen molar-refractivity contribution in [3.8, 4) is 0 Å². The zero-order valence-electron chi connectivity index (χ0n) is 14.8. The lowest BCUT2D eigenvalue weighted by atomic mass is 9.96. The van der Waals surface area contributed by atoms with Gasteiger partial charge in [0.25, 0.3) is 5.91 Å². The van der Waals surface area contributed by atoms with Gasteiger partial charge in [0.15, 0.2) is 5.69 Å². The third-order valence-electron chi connectivity index (χ3n) is 5.74. The number of benzene rings is 1. The van der Waals surface area contributed by atoms with Crippen molar-refractivity contribution in [1.29, 1.82) is 0 Å². The fraction of sp³-hybridized carbons (Fsp3) is 0.368. The molecule has 28 heavy (non-hydrogen) atoms. The molecule has 0 aliphatic carbocycles. The molecule has 0 radical (unpaired) electrons. The molecule has 4 heterocycles. The number of rotatable bonds is 1. The molecule has 0 saturated carbocycles. The van der Waals surface area contributed by atoms with Crippen LogP contribution >= 0.6 is 0 Å². The largest absolute Gasteiger partial charge is 0.432 e. The first-order valence-corrected chi connectivity index (χ1v) is 9.00. The van der Waals surface area contributed by atoms with Crippen LogP contribution < -0.4 is 0 Å². The van der Waals surface area contributed by atoms with Gasteiger partial charge in [-0.15, -0.1) is 0 Å². The first-order chi connectivity index (χ1) is 13.2. The van der Waals surface area contributed by atoms with E-state index in [1.165, 1.54) is 6.07 Å². The van der Waals surface area contributed by atoms with Gasteiger partial charge in [-0.25, -0.2) is 4.39 Å². The standard InChI is InChI=1S/C19H16F4N4O/c1-8-4-10-16-12(24-17(10)11(20)5-8)6-9-2-3-14(16)27(9)18(28)13-7-15(26-25-13)19(21,22)23/h4-5,7,9,14,24H,2-3,6H2,1H3,(H,25,26). The molecule has 2 bridgehead atoms. The van der Waals surface area contributed by atoms with Crippen LogP contribution in [-0.4, -0.2) is 32.0 Å². The highest BCUT2D eigenvalue weighted by Crippen LogP contribution is 2.47. The number of alkyl halides is 3. The topological polar surface area (TPSA) is 64.8 Å². The summed E-state index contributed by atoms with van der Waals surface area (Å²) in [7, 11) is 0. The van der Waals surface area contributed by atoms with Crippen LogP contribution in [-0.2, 0) is 12.6 Å². The van der Waals surface area contributed by atoms with Gasteiger partial charge >= 0.3 is 6.18 Å². The second-order valence-corrected chi connectivity index (χ2v) is 7.51. The number of nitrogens with one attached hydrogen (secondary N) is 2. The maximum Gasteiger partial charge on any atom is 0.432 e. The molecule has 0 spiro atoms. The van der Waals surface area contributed by atoms with Gasteiger partial charge in [-0.3, -0.25) is 9.89 Å². The fourth-order valence-corrected chi connectivity index (χ4v) is 4.62. The summed E-state index contributed by atoms with van der Waals surface area (Å²) in [6.45, 7) is 1.80. The van der Waals surface area contributed by atoms with Crippen LogP contribution in [0.4, 0.5) is 17.6 Å². The molecule has 1 saturated heterocycles. The van der Waals surface area contributed by atoms with Gasteiger partial charge in [-0.1, -0.05) is 0 Å². The Bertz CT molecular complexity index is 1110. The Balaban J connectivity index is 1.57. The van der Waals surface area contributed by atoms with Gasteiger partial charge in [0.1, 0.15) is 11.5 Å². The minimum Gasteiger partial charge on any atom is -0.356 e. The second-order valence-electron chi connectivity index (χ2n) is 7.51. The average molecular weight is 392 g/mol. The van der Waals surface area contributed by atoms with E-state index in [9.17, 15) is 22.4 Å². The van der Waals surface area contributed by atoms with Gasteiger partial charge < -0.3 is 9.88 Å². The molecule has 2 N–H and O–H groups in total. The zero-order valence-corrected chi connectivity index (χ0v) is 14.8. The van der Waals surface area contributed by atoms with E-state index in [1.807, 2.05) is 11.2 Å². The van der Waals surface area contributed by atoms with Crippen LogP contribution in [0, 0.1) is 12.7 Å². The zero-order chi connectivity index (χ0) is 19.8. The SMILES string of the molecule is Cc1cc(F)c2[nH]c3c(c2c1)C1CCC(C3)N1C(=O)c1cc(C(F)(F)F)[nH]n1. The van der Waals surface area contributed by atoms with Crippen molar-refractivity contribution in [3.63, 3.8) is 0 Å². The summed E-state index contributed by atoms with van der Waals surface area (Å²) in [5.74, 6) is -0.882. The summed E-state index contributed by atoms with van der Waals surface area (Å²) in [6.07, 6.45) is -2.65. The minimum absolute atomic E-state index is 0.145. The van der Waals surface area contributed by atoms with E-state index in [0.717, 1.165) is 34.7 Å². The molecule has 5 rings (SSSR count). The van der Waals surface area contributed by atoms with E-state index in [-0.39, 0.29) is 23.6 Å². The van der Waals surface area contributed by atoms with E-state index in [1.54, 1.807) is 11.8 Å². The first-order valence-electron chi connectivity index (χ1n) is 9.00. The summed E-state index contributed by atoms with van der Waals surface area (Å²) in [5.41, 5.74) is 1.64. The molecule has 1 aromatic carbocycles. The highest BCUT2D eigenvalue weighted by Gasteiger charge is 2.45. The molecule has 2 aliphatic heterocycles. The molecule has 146 valence electrons. The average Bonchev–Trinajstić information content (AvgIpc) is 3.30. The number of amides is 1. The van der Waals surface area contributed by atoms with E-state index in [2.05, 4.69) is 10.1 Å². The summed E-state index contributed by atoms with van der Waals surface area (Å²) >= 11 is 0. The minimum atomic E-state index is -4.59. The van der Waals surface area contributed by atoms with Crippen molar-refractivity contribution in [3.05, 3.63) is 52.2 Å². The van der Waals surface area contributed by atoms with Crippen molar-refractivity contribution >= 4 is 16.8 Å². The molecule has 5 nitrogen and oxygen atoms in total. The highest BCUT2D eigenvalue weighted by molar-refractivity contribution is 5.95. The Morgan fingerprint density at radius 1 is 1.25 bits per heavy atom. The Hall–Kier alpha value is -2.84. The third-order valence-corrected chi connectivity index (χ3v) is 5.74. The van der Waals surface area contributed by atoms with E-state index in [0.29, 0.717) is 18.4 Å². The quantitative estimate of drug-likeness (QED) is 0.608. The number of hydrogen-bond acceptors (Lipinski definition) is 2. The summed E-state index contributed by atoms with van der Waals surface area (Å²) in [6, 6.07) is 3.63. The summed E-state index contributed by atoms with van der Waals surface area (Å²) in [4.78, 5) is 17.8. The monoisotopic (exact) mass is 392 g/mol. The second kappa shape index (κ2) is 5.59. The number of fused-ring (bicyclic) bond motifs is 6. The van der Waals surface area contributed by atoms with Crippen molar-refractivity contribution in [2.75, 3.05) is 0 Å². The number of nitrogens with zero attached hydrogens (tertiary/aromatic N) is 2. The van der Waals surface area contributed by atoms with Crippen LogP contribution in [0.15, 0.2) is 18.2 Å². The Morgan fingerprint density at radius 2 is 2.04 bits per heavy atom. The number of hydrogen-bond donors (Lipinski definition) is 2. The lowest BCUT2D eigenvalue weighted by Crippen LogP contribution is -2.41. The molecule has 2 unspecified atom stereocenters. The predicted molar refractivity (Wildman–Crippen MR) is 92.2 cm³/mol. The first kappa shape index (κ1) is 17.3. The predicted octanol–water partition coefficient (Wildman–Crippen LogP) is 4.26. The fourth-order valence-electron chi connectivity index (χ4n) is 4.62. The van der Waals surface area contributed by atoms with Crippen LogP contribution in [0.3, 0.4) is 0 Å². The number of H-pyrrole nitrogens is 2. The number of halogens is 4. The summed E-state index contributed by atoms with van der Waals surface area (Å²) in [5, 5.41) is 6.21. The molecule has 3 aromatic rings. The van der Waals surface area contributed by atoms with Gasteiger partial charge in [0.2, 0.25) is 0 Å². The molecular formula is C19H16F4N4O. The molecule has 2 atom stereocenters. The lowest BCUT2D eigenvalue weighted by Gasteiger charge is -2.34. The molecular weight excluding hydrogens is 376 g/mol. The Labute approximate surface area is 156 Å². The maximum absolute atomic E-state index is 14.4. The normalized spacial score (nSPS) is 21.4. The third kappa shape index (κ3) is 2.38. The van der Waals surface area contributed by atoms with Crippen LogP contribution in [0.5, 0.6) is 0 Å². The molecule has 2 aromatic heterocycles. The van der Waals surface area contributed by atoms with Crippen LogP contribution in [0.25, 0.3) is 10.9 Å². The Kier molecular flexibility index (Phi) is 3.45. The smallest absolute Gasteiger partial charge is 0.356 e.